The minimum Gasteiger partial charge on any atom is -0.481 e. The zero-order chi connectivity index (χ0) is 42.4. The summed E-state index contributed by atoms with van der Waals surface area (Å²) in [6, 6.07) is 7.79. The standard InChI is InChI=1S/C44H61N5O8S/c1-6-8-10-12-14-15-17-19-21-40(50)56-30-28-54-26-24-49(25-27-55-29-31-57-44(53)37(43(51)52)20-18-16-13-11-9-7-2)36-22-23-39(34(3)32-36)47-48-42-38(33-45)35(4)41(46-5)58-42/h14-16,18,22-23,32,37H,6-13,17,19-21,24-31H2,1-4H3,(H,51,52)/b15-14+,18-16+,48-47?. The molecular weight excluding hydrogens is 759 g/mol. The first kappa shape index (κ1) is 49.3. The van der Waals surface area contributed by atoms with Crippen LogP contribution in [0.15, 0.2) is 52.7 Å². The quantitative estimate of drug-likeness (QED) is 0.0193. The molecule has 0 spiro atoms. The molecule has 0 aliphatic carbocycles. The predicted octanol–water partition coefficient (Wildman–Crippen LogP) is 10.7. The number of carbonyl (C=O) groups is 3. The normalized spacial score (nSPS) is 11.9. The van der Waals surface area contributed by atoms with Gasteiger partial charge in [-0.2, -0.15) is 5.26 Å². The van der Waals surface area contributed by atoms with Crippen LogP contribution in [-0.2, 0) is 33.3 Å². The Morgan fingerprint density at radius 2 is 1.50 bits per heavy atom. The highest BCUT2D eigenvalue weighted by molar-refractivity contribution is 7.20. The van der Waals surface area contributed by atoms with Crippen LogP contribution < -0.4 is 4.90 Å². The number of azo groups is 1. The SMILES string of the molecule is [C-]#[N+]c1sc(N=Nc2ccc(N(CCOCCOC(=O)CCC/C=C/CCCCC)CCOCCOC(=O)C(C/C=C/CCCCC)C(=O)O)cc2C)c(C#N)c1C. The summed E-state index contributed by atoms with van der Waals surface area (Å²) >= 11 is 1.13. The average molecular weight is 820 g/mol. The van der Waals surface area contributed by atoms with Crippen molar-refractivity contribution in [2.75, 3.05) is 57.6 Å². The maximum atomic E-state index is 12.5. The van der Waals surface area contributed by atoms with Gasteiger partial charge in [-0.3, -0.25) is 14.4 Å². The van der Waals surface area contributed by atoms with Crippen LogP contribution in [0.25, 0.3) is 4.85 Å². The molecule has 0 bridgehead atoms. The number of allylic oxidation sites excluding steroid dienone is 4. The largest absolute Gasteiger partial charge is 0.481 e. The van der Waals surface area contributed by atoms with E-state index in [0.29, 0.717) is 52.9 Å². The number of nitrogens with zero attached hydrogens (tertiary/aromatic N) is 5. The third-order valence-electron chi connectivity index (χ3n) is 9.07. The van der Waals surface area contributed by atoms with E-state index in [0.717, 1.165) is 67.5 Å². The van der Waals surface area contributed by atoms with Crippen molar-refractivity contribution in [3.63, 3.8) is 0 Å². The van der Waals surface area contributed by atoms with E-state index in [1.54, 1.807) is 13.0 Å². The van der Waals surface area contributed by atoms with Crippen molar-refractivity contribution in [3.8, 4) is 6.07 Å². The predicted molar refractivity (Wildman–Crippen MR) is 227 cm³/mol. The fraction of sp³-hybridized carbons (Fsp3) is 0.568. The van der Waals surface area contributed by atoms with Gasteiger partial charge in [0.2, 0.25) is 5.00 Å². The number of rotatable bonds is 31. The Morgan fingerprint density at radius 3 is 2.09 bits per heavy atom. The molecule has 1 N–H and O–H groups in total. The first-order valence-corrected chi connectivity index (χ1v) is 21.2. The smallest absolute Gasteiger partial charge is 0.320 e. The number of anilines is 1. The second-order valence-electron chi connectivity index (χ2n) is 13.7. The number of benzene rings is 1. The third-order valence-corrected chi connectivity index (χ3v) is 10.1. The Morgan fingerprint density at radius 1 is 0.879 bits per heavy atom. The van der Waals surface area contributed by atoms with Gasteiger partial charge in [0.15, 0.2) is 5.92 Å². The fourth-order valence-corrected chi connectivity index (χ4v) is 6.49. The topological polar surface area (TPSA) is 164 Å². The van der Waals surface area contributed by atoms with Gasteiger partial charge < -0.3 is 29.0 Å². The van der Waals surface area contributed by atoms with Crippen LogP contribution in [0, 0.1) is 37.7 Å². The molecular formula is C44H61N5O8S. The highest BCUT2D eigenvalue weighted by Crippen LogP contribution is 2.41. The molecule has 14 heteroatoms. The third kappa shape index (κ3) is 19.5. The number of thiophene rings is 1. The molecule has 0 amide bonds. The highest BCUT2D eigenvalue weighted by Gasteiger charge is 2.26. The molecule has 13 nitrogen and oxygen atoms in total. The lowest BCUT2D eigenvalue weighted by atomic mass is 10.1. The molecule has 1 aromatic heterocycles. The average Bonchev–Trinajstić information content (AvgIpc) is 3.53. The molecule has 1 unspecified atom stereocenters. The van der Waals surface area contributed by atoms with Gasteiger partial charge in [-0.1, -0.05) is 63.8 Å². The number of ether oxygens (including phenoxy) is 4. The Bertz CT molecular complexity index is 1720. The Hall–Kier alpha value is -4.89. The van der Waals surface area contributed by atoms with Crippen molar-refractivity contribution >= 4 is 50.6 Å². The van der Waals surface area contributed by atoms with Crippen molar-refractivity contribution in [3.05, 3.63) is 70.6 Å². The highest BCUT2D eigenvalue weighted by atomic mass is 32.1. The molecule has 1 aromatic carbocycles. The minimum absolute atomic E-state index is 0.0755. The van der Waals surface area contributed by atoms with E-state index in [1.807, 2.05) is 31.2 Å². The summed E-state index contributed by atoms with van der Waals surface area (Å²) in [4.78, 5) is 41.8. The van der Waals surface area contributed by atoms with Crippen molar-refractivity contribution in [1.82, 2.24) is 0 Å². The van der Waals surface area contributed by atoms with Crippen LogP contribution in [0.4, 0.5) is 21.4 Å². The molecule has 0 fully saturated rings. The Labute approximate surface area is 348 Å². The first-order chi connectivity index (χ1) is 28.2. The van der Waals surface area contributed by atoms with Crippen LogP contribution >= 0.6 is 11.3 Å². The number of carboxylic acid groups (broad SMARTS) is 1. The lowest BCUT2D eigenvalue weighted by Crippen LogP contribution is -2.32. The Balaban J connectivity index is 1.94. The van der Waals surface area contributed by atoms with Gasteiger partial charge in [0, 0.05) is 25.2 Å². The van der Waals surface area contributed by atoms with E-state index < -0.39 is 17.9 Å². The number of hydrogen-bond acceptors (Lipinski definition) is 12. The van der Waals surface area contributed by atoms with Crippen molar-refractivity contribution in [1.29, 1.82) is 5.26 Å². The van der Waals surface area contributed by atoms with E-state index >= 15 is 0 Å². The van der Waals surface area contributed by atoms with Crippen LogP contribution in [-0.4, -0.2) is 75.7 Å². The van der Waals surface area contributed by atoms with Crippen LogP contribution in [0.2, 0.25) is 0 Å². The summed E-state index contributed by atoms with van der Waals surface area (Å²) < 4.78 is 22.2. The zero-order valence-electron chi connectivity index (χ0n) is 34.7. The summed E-state index contributed by atoms with van der Waals surface area (Å²) in [7, 11) is 0. The molecule has 58 heavy (non-hydrogen) atoms. The summed E-state index contributed by atoms with van der Waals surface area (Å²) in [5, 5.41) is 28.6. The van der Waals surface area contributed by atoms with Gasteiger partial charge in [0.1, 0.15) is 24.3 Å². The number of aryl methyl sites for hydroxylation is 1. The lowest BCUT2D eigenvalue weighted by molar-refractivity contribution is -0.159. The van der Waals surface area contributed by atoms with E-state index in [4.69, 9.17) is 25.5 Å². The van der Waals surface area contributed by atoms with Gasteiger partial charge in [-0.25, -0.2) is 4.85 Å². The van der Waals surface area contributed by atoms with Crippen molar-refractivity contribution in [2.45, 2.75) is 105 Å². The van der Waals surface area contributed by atoms with Gasteiger partial charge >= 0.3 is 17.9 Å². The molecule has 0 saturated heterocycles. The second-order valence-corrected chi connectivity index (χ2v) is 14.6. The summed E-state index contributed by atoms with van der Waals surface area (Å²) in [5.74, 6) is -3.51. The maximum absolute atomic E-state index is 12.5. The molecule has 316 valence electrons. The lowest BCUT2D eigenvalue weighted by Gasteiger charge is -2.25. The summed E-state index contributed by atoms with van der Waals surface area (Å²) in [5.41, 5.74) is 3.25. The number of nitriles is 1. The maximum Gasteiger partial charge on any atom is 0.320 e. The van der Waals surface area contributed by atoms with Crippen molar-refractivity contribution in [2.24, 2.45) is 16.1 Å². The van der Waals surface area contributed by atoms with E-state index in [2.05, 4.69) is 52.0 Å². The van der Waals surface area contributed by atoms with Crippen LogP contribution in [0.5, 0.6) is 0 Å². The van der Waals surface area contributed by atoms with E-state index in [-0.39, 0.29) is 45.4 Å². The summed E-state index contributed by atoms with van der Waals surface area (Å²) in [6.07, 6.45) is 18.8. The van der Waals surface area contributed by atoms with Gasteiger partial charge in [-0.15, -0.1) is 21.6 Å². The molecule has 1 heterocycles. The number of esters is 2. The molecule has 2 rings (SSSR count). The second kappa shape index (κ2) is 30.2. The molecule has 0 saturated carbocycles. The Kier molecular flexibility index (Phi) is 25.7. The number of hydrogen-bond donors (Lipinski definition) is 1. The van der Waals surface area contributed by atoms with Gasteiger partial charge in [0.25, 0.3) is 0 Å². The monoisotopic (exact) mass is 819 g/mol. The number of carbonyl (C=O) groups excluding carboxylic acids is 2. The molecule has 1 atom stereocenters. The van der Waals surface area contributed by atoms with E-state index in [1.165, 1.54) is 19.3 Å². The van der Waals surface area contributed by atoms with Gasteiger partial charge in [-0.05, 0) is 88.1 Å². The minimum atomic E-state index is -1.27. The molecule has 0 aliphatic heterocycles. The number of carboxylic acids is 1. The zero-order valence-corrected chi connectivity index (χ0v) is 35.5. The van der Waals surface area contributed by atoms with Crippen LogP contribution in [0.3, 0.4) is 0 Å². The summed E-state index contributed by atoms with van der Waals surface area (Å²) in [6.45, 7) is 17.3. The fourth-order valence-electron chi connectivity index (χ4n) is 5.63. The van der Waals surface area contributed by atoms with Gasteiger partial charge in [0.05, 0.1) is 44.3 Å². The number of aliphatic carboxylic acids is 1. The van der Waals surface area contributed by atoms with E-state index in [9.17, 15) is 24.8 Å². The first-order valence-electron chi connectivity index (χ1n) is 20.3. The number of unbranched alkanes of at least 4 members (excludes halogenated alkanes) is 7. The van der Waals surface area contributed by atoms with Crippen LogP contribution in [0.1, 0.15) is 108 Å². The molecule has 0 radical (unpaired) electrons. The molecule has 2 aromatic rings. The molecule has 0 aliphatic rings. The van der Waals surface area contributed by atoms with Crippen molar-refractivity contribution < 1.29 is 38.4 Å².